The molecule has 2 aliphatic heterocycles. The zero-order valence-electron chi connectivity index (χ0n) is 23.0. The van der Waals surface area contributed by atoms with Gasteiger partial charge >= 0.3 is 0 Å². The Hall–Kier alpha value is -3.31. The van der Waals surface area contributed by atoms with Gasteiger partial charge in [-0.1, -0.05) is 29.8 Å². The molecule has 3 N–H and O–H groups in total. The fourth-order valence-electron chi connectivity index (χ4n) is 5.07. The van der Waals surface area contributed by atoms with Gasteiger partial charge in [0.25, 0.3) is 0 Å². The molecule has 3 aromatic rings. The summed E-state index contributed by atoms with van der Waals surface area (Å²) in [5.41, 5.74) is 1.05. The number of carbonyl (C=O) groups excluding carboxylic acids is 1. The number of ether oxygens (including phenoxy) is 4. The van der Waals surface area contributed by atoms with Gasteiger partial charge in [0, 0.05) is 54.3 Å². The molecule has 218 valence electrons. The van der Waals surface area contributed by atoms with E-state index in [4.69, 9.17) is 47.1 Å². The number of nitrogens with zero attached hydrogens (tertiary/aromatic N) is 2. The Bertz CT molecular complexity index is 1400. The molecule has 2 fully saturated rings. The Balaban J connectivity index is 1.54. The smallest absolute Gasteiger partial charge is 0.243 e. The standard InChI is InChI=1S/C29H33Cl2N5O5/c1-4-25(37)35-19-6-8-41-15-21(19)34-24-10-18-17(13-32-24)9-20(36-29(18)33-12-16-5-7-40-14-16)26-27(30)22(38-2)11-23(39-3)28(26)31/h4,9-11,13,16,19,21H,1,5-8,12,14-15H2,2-3H3,(H,32,34)(H,33,36)(H,35,37)/t16?,19-,21+/m0/s1. The maximum Gasteiger partial charge on any atom is 0.243 e. The van der Waals surface area contributed by atoms with Gasteiger partial charge in [-0.15, -0.1) is 0 Å². The molecule has 1 unspecified atom stereocenters. The third-order valence-corrected chi connectivity index (χ3v) is 8.08. The highest BCUT2D eigenvalue weighted by Crippen LogP contribution is 2.46. The van der Waals surface area contributed by atoms with E-state index in [0.717, 1.165) is 23.8 Å². The van der Waals surface area contributed by atoms with Crippen LogP contribution >= 0.6 is 23.2 Å². The number of pyridine rings is 2. The van der Waals surface area contributed by atoms with Gasteiger partial charge in [-0.25, -0.2) is 9.97 Å². The molecule has 12 heteroatoms. The van der Waals surface area contributed by atoms with Gasteiger partial charge in [-0.3, -0.25) is 4.79 Å². The van der Waals surface area contributed by atoms with Gasteiger partial charge in [-0.05, 0) is 31.1 Å². The van der Waals surface area contributed by atoms with Gasteiger partial charge in [-0.2, -0.15) is 0 Å². The lowest BCUT2D eigenvalue weighted by molar-refractivity contribution is -0.117. The van der Waals surface area contributed by atoms with Crippen molar-refractivity contribution in [1.82, 2.24) is 15.3 Å². The molecule has 0 spiro atoms. The summed E-state index contributed by atoms with van der Waals surface area (Å²) in [4.78, 5) is 21.6. The number of rotatable bonds is 10. The van der Waals surface area contributed by atoms with Crippen molar-refractivity contribution in [1.29, 1.82) is 0 Å². The molecule has 41 heavy (non-hydrogen) atoms. The topological polar surface area (TPSA) is 116 Å². The van der Waals surface area contributed by atoms with Crippen LogP contribution in [0.5, 0.6) is 11.5 Å². The van der Waals surface area contributed by atoms with E-state index in [1.165, 1.54) is 20.3 Å². The van der Waals surface area contributed by atoms with Crippen LogP contribution in [0.25, 0.3) is 22.0 Å². The van der Waals surface area contributed by atoms with Crippen molar-refractivity contribution < 1.29 is 23.7 Å². The molecule has 4 heterocycles. The van der Waals surface area contributed by atoms with E-state index in [1.807, 2.05) is 12.1 Å². The summed E-state index contributed by atoms with van der Waals surface area (Å²) in [7, 11) is 3.07. The molecule has 2 aromatic heterocycles. The molecule has 10 nitrogen and oxygen atoms in total. The Labute approximate surface area is 248 Å². The van der Waals surface area contributed by atoms with Crippen LogP contribution in [-0.4, -0.2) is 75.2 Å². The number of halogens is 2. The molecule has 0 radical (unpaired) electrons. The zero-order valence-corrected chi connectivity index (χ0v) is 24.5. The third kappa shape index (κ3) is 6.46. The Morgan fingerprint density at radius 3 is 2.49 bits per heavy atom. The van der Waals surface area contributed by atoms with Crippen molar-refractivity contribution in [3.05, 3.63) is 47.1 Å². The van der Waals surface area contributed by atoms with Crippen LogP contribution in [0.3, 0.4) is 0 Å². The molecular formula is C29H33Cl2N5O5. The number of carbonyl (C=O) groups is 1. The van der Waals surface area contributed by atoms with E-state index in [9.17, 15) is 4.79 Å². The van der Waals surface area contributed by atoms with Crippen LogP contribution in [0.15, 0.2) is 37.1 Å². The fourth-order valence-corrected chi connectivity index (χ4v) is 5.76. The summed E-state index contributed by atoms with van der Waals surface area (Å²) in [6.45, 7) is 6.69. The van der Waals surface area contributed by atoms with E-state index in [-0.39, 0.29) is 18.0 Å². The normalized spacial score (nSPS) is 20.4. The van der Waals surface area contributed by atoms with Crippen molar-refractivity contribution in [2.24, 2.45) is 5.92 Å². The predicted molar refractivity (Wildman–Crippen MR) is 160 cm³/mol. The third-order valence-electron chi connectivity index (χ3n) is 7.33. The Morgan fingerprint density at radius 1 is 1.07 bits per heavy atom. The first-order chi connectivity index (χ1) is 19.9. The van der Waals surface area contributed by atoms with Crippen LogP contribution in [0.2, 0.25) is 10.0 Å². The number of fused-ring (bicyclic) bond motifs is 1. The number of nitrogens with one attached hydrogen (secondary N) is 3. The molecule has 5 rings (SSSR count). The number of aromatic nitrogens is 2. The molecule has 3 atom stereocenters. The summed E-state index contributed by atoms with van der Waals surface area (Å²) in [5, 5.41) is 12.3. The minimum atomic E-state index is -0.222. The average Bonchev–Trinajstić information content (AvgIpc) is 3.51. The minimum absolute atomic E-state index is 0.125. The van der Waals surface area contributed by atoms with Gasteiger partial charge < -0.3 is 34.9 Å². The SMILES string of the molecule is C=CC(=O)N[C@H]1CCOC[C@H]1Nc1cc2c(NCC3CCOC3)nc(-c3c(Cl)c(OC)cc(OC)c3Cl)cc2cn1. The van der Waals surface area contributed by atoms with Gasteiger partial charge in [0.05, 0.1) is 55.3 Å². The molecule has 1 aromatic carbocycles. The maximum atomic E-state index is 12.0. The molecule has 0 saturated carbocycles. The lowest BCUT2D eigenvalue weighted by Gasteiger charge is -2.32. The fraction of sp³-hybridized carbons (Fsp3) is 0.414. The highest BCUT2D eigenvalue weighted by atomic mass is 35.5. The monoisotopic (exact) mass is 601 g/mol. The summed E-state index contributed by atoms with van der Waals surface area (Å²) >= 11 is 13.5. The first-order valence-electron chi connectivity index (χ1n) is 13.4. The summed E-state index contributed by atoms with van der Waals surface area (Å²) in [6.07, 6.45) is 4.70. The van der Waals surface area contributed by atoms with E-state index in [0.29, 0.717) is 83.1 Å². The van der Waals surface area contributed by atoms with Crippen LogP contribution in [0.4, 0.5) is 11.6 Å². The predicted octanol–water partition coefficient (Wildman–Crippen LogP) is 4.94. The minimum Gasteiger partial charge on any atom is -0.495 e. The number of anilines is 2. The molecule has 2 saturated heterocycles. The first-order valence-corrected chi connectivity index (χ1v) is 14.2. The van der Waals surface area contributed by atoms with Gasteiger partial charge in [0.1, 0.15) is 23.1 Å². The Morgan fingerprint density at radius 2 is 1.80 bits per heavy atom. The van der Waals surface area contributed by atoms with Gasteiger partial charge in [0.2, 0.25) is 5.91 Å². The summed E-state index contributed by atoms with van der Waals surface area (Å²) in [5.74, 6) is 2.28. The van der Waals surface area contributed by atoms with Crippen molar-refractivity contribution >= 4 is 51.5 Å². The second-order valence-electron chi connectivity index (χ2n) is 9.97. The molecular weight excluding hydrogens is 569 g/mol. The highest BCUT2D eigenvalue weighted by molar-refractivity contribution is 6.41. The van der Waals surface area contributed by atoms with Gasteiger partial charge in [0.15, 0.2) is 0 Å². The number of benzene rings is 1. The second kappa shape index (κ2) is 13.1. The number of hydrogen-bond acceptors (Lipinski definition) is 9. The van der Waals surface area contributed by atoms with E-state index in [2.05, 4.69) is 27.5 Å². The largest absolute Gasteiger partial charge is 0.495 e. The first kappa shape index (κ1) is 29.2. The molecule has 0 bridgehead atoms. The van der Waals surface area contributed by atoms with E-state index >= 15 is 0 Å². The average molecular weight is 603 g/mol. The maximum absolute atomic E-state index is 12.0. The van der Waals surface area contributed by atoms with Crippen LogP contribution in [0, 0.1) is 5.92 Å². The number of amides is 1. The Kier molecular flexibility index (Phi) is 9.34. The van der Waals surface area contributed by atoms with Crippen molar-refractivity contribution in [2.45, 2.75) is 24.9 Å². The van der Waals surface area contributed by atoms with Crippen LogP contribution in [0.1, 0.15) is 12.8 Å². The lowest BCUT2D eigenvalue weighted by Crippen LogP contribution is -2.52. The van der Waals surface area contributed by atoms with Crippen molar-refractivity contribution in [3.63, 3.8) is 0 Å². The van der Waals surface area contributed by atoms with E-state index in [1.54, 1.807) is 12.3 Å². The summed E-state index contributed by atoms with van der Waals surface area (Å²) < 4.78 is 22.2. The zero-order chi connectivity index (χ0) is 28.9. The second-order valence-corrected chi connectivity index (χ2v) is 10.7. The van der Waals surface area contributed by atoms with Crippen molar-refractivity contribution in [3.8, 4) is 22.8 Å². The molecule has 1 amide bonds. The quantitative estimate of drug-likeness (QED) is 0.278. The highest BCUT2D eigenvalue weighted by Gasteiger charge is 2.27. The molecule has 0 aliphatic carbocycles. The van der Waals surface area contributed by atoms with Crippen molar-refractivity contribution in [2.75, 3.05) is 57.8 Å². The van der Waals surface area contributed by atoms with E-state index < -0.39 is 0 Å². The number of hydrogen-bond donors (Lipinski definition) is 3. The molecule has 2 aliphatic rings. The summed E-state index contributed by atoms with van der Waals surface area (Å²) in [6, 6.07) is 5.18. The van der Waals surface area contributed by atoms with Crippen LogP contribution in [-0.2, 0) is 14.3 Å². The lowest BCUT2D eigenvalue weighted by atomic mass is 10.0. The number of methoxy groups -OCH3 is 2. The van der Waals surface area contributed by atoms with Crippen LogP contribution < -0.4 is 25.4 Å².